The van der Waals surface area contributed by atoms with Crippen LogP contribution in [0.1, 0.15) is 26.3 Å². The number of ether oxygens (including phenoxy) is 2. The summed E-state index contributed by atoms with van der Waals surface area (Å²) in [6.45, 7) is 0. The summed E-state index contributed by atoms with van der Waals surface area (Å²) in [6.07, 6.45) is 2.84. The van der Waals surface area contributed by atoms with Gasteiger partial charge < -0.3 is 9.47 Å². The zero-order valence-electron chi connectivity index (χ0n) is 15.4. The summed E-state index contributed by atoms with van der Waals surface area (Å²) in [5.41, 5.74) is 0.999. The molecule has 0 aliphatic carbocycles. The van der Waals surface area contributed by atoms with E-state index >= 15 is 0 Å². The summed E-state index contributed by atoms with van der Waals surface area (Å²) in [4.78, 5) is 25.2. The zero-order valence-corrected chi connectivity index (χ0v) is 16.2. The van der Waals surface area contributed by atoms with E-state index in [0.29, 0.717) is 16.3 Å². The fourth-order valence-electron chi connectivity index (χ4n) is 2.59. The topological polar surface area (TPSA) is 52.6 Å². The molecule has 0 heterocycles. The number of esters is 1. The molecule has 0 aliphatic heterocycles. The van der Waals surface area contributed by atoms with E-state index < -0.39 is 11.8 Å². The second kappa shape index (κ2) is 9.17. The molecule has 3 rings (SSSR count). The van der Waals surface area contributed by atoms with Crippen molar-refractivity contribution in [2.45, 2.75) is 0 Å². The molecule has 0 atom stereocenters. The highest BCUT2D eigenvalue weighted by Gasteiger charge is 2.18. The van der Waals surface area contributed by atoms with Crippen LogP contribution >= 0.6 is 11.6 Å². The molecule has 0 saturated heterocycles. The van der Waals surface area contributed by atoms with Crippen LogP contribution in [0, 0.1) is 5.82 Å². The highest BCUT2D eigenvalue weighted by atomic mass is 35.5. The van der Waals surface area contributed by atoms with Gasteiger partial charge in [0, 0.05) is 5.02 Å². The molecule has 0 aromatic heterocycles. The van der Waals surface area contributed by atoms with Crippen molar-refractivity contribution >= 4 is 29.4 Å². The summed E-state index contributed by atoms with van der Waals surface area (Å²) in [5, 5.41) is 0.320. The fraction of sp³-hybridized carbons (Fsp3) is 0.0435. The number of carbonyl (C=O) groups is 2. The maximum absolute atomic E-state index is 13.0. The van der Waals surface area contributed by atoms with E-state index in [9.17, 15) is 14.0 Å². The standard InChI is InChI=1S/C23H16ClFO4/c1-28-21-5-3-2-4-18(21)23(27)29-22-13-9-16(24)14-19(22)20(26)12-8-15-6-10-17(25)11-7-15/h2-14H,1H3. The lowest BCUT2D eigenvalue weighted by molar-refractivity contribution is 0.0729. The third kappa shape index (κ3) is 5.09. The number of para-hydroxylation sites is 1. The predicted octanol–water partition coefficient (Wildman–Crippen LogP) is 5.60. The Labute approximate surface area is 172 Å². The van der Waals surface area contributed by atoms with Gasteiger partial charge in [0.2, 0.25) is 0 Å². The van der Waals surface area contributed by atoms with Gasteiger partial charge in [0.25, 0.3) is 0 Å². The Morgan fingerprint density at radius 1 is 0.931 bits per heavy atom. The molecule has 0 saturated carbocycles. The van der Waals surface area contributed by atoms with Crippen molar-refractivity contribution in [2.75, 3.05) is 7.11 Å². The summed E-state index contributed by atoms with van der Waals surface area (Å²) < 4.78 is 23.6. The van der Waals surface area contributed by atoms with Crippen molar-refractivity contribution in [3.05, 3.63) is 100 Å². The van der Waals surface area contributed by atoms with Crippen LogP contribution in [0.4, 0.5) is 4.39 Å². The van der Waals surface area contributed by atoms with Crippen molar-refractivity contribution in [1.82, 2.24) is 0 Å². The van der Waals surface area contributed by atoms with E-state index in [1.54, 1.807) is 36.4 Å². The molecule has 29 heavy (non-hydrogen) atoms. The number of halogens is 2. The van der Waals surface area contributed by atoms with Crippen molar-refractivity contribution in [3.8, 4) is 11.5 Å². The molecule has 4 nitrogen and oxygen atoms in total. The first-order chi connectivity index (χ1) is 14.0. The lowest BCUT2D eigenvalue weighted by Gasteiger charge is -2.11. The predicted molar refractivity (Wildman–Crippen MR) is 109 cm³/mol. The Morgan fingerprint density at radius 2 is 1.66 bits per heavy atom. The minimum Gasteiger partial charge on any atom is -0.496 e. The van der Waals surface area contributed by atoms with E-state index in [0.717, 1.165) is 0 Å². The van der Waals surface area contributed by atoms with Gasteiger partial charge >= 0.3 is 5.97 Å². The number of hydrogen-bond donors (Lipinski definition) is 0. The molecule has 0 spiro atoms. The fourth-order valence-corrected chi connectivity index (χ4v) is 2.76. The highest BCUT2D eigenvalue weighted by molar-refractivity contribution is 6.31. The van der Waals surface area contributed by atoms with Crippen molar-refractivity contribution in [2.24, 2.45) is 0 Å². The number of methoxy groups -OCH3 is 1. The van der Waals surface area contributed by atoms with Gasteiger partial charge in [0.15, 0.2) is 5.78 Å². The van der Waals surface area contributed by atoms with E-state index in [-0.39, 0.29) is 22.7 Å². The summed E-state index contributed by atoms with van der Waals surface area (Å²) in [7, 11) is 1.45. The largest absolute Gasteiger partial charge is 0.496 e. The van der Waals surface area contributed by atoms with Crippen LogP contribution < -0.4 is 9.47 Å². The van der Waals surface area contributed by atoms with E-state index in [1.165, 1.54) is 49.6 Å². The van der Waals surface area contributed by atoms with Crippen LogP contribution in [-0.2, 0) is 0 Å². The molecule has 3 aromatic rings. The van der Waals surface area contributed by atoms with Crippen LogP contribution in [0.25, 0.3) is 6.08 Å². The van der Waals surface area contributed by atoms with Gasteiger partial charge in [-0.25, -0.2) is 9.18 Å². The molecular formula is C23H16ClFO4. The quantitative estimate of drug-likeness (QED) is 0.229. The normalized spacial score (nSPS) is 10.7. The van der Waals surface area contributed by atoms with Crippen molar-refractivity contribution < 1.29 is 23.5 Å². The van der Waals surface area contributed by atoms with Gasteiger partial charge in [0.05, 0.1) is 12.7 Å². The van der Waals surface area contributed by atoms with Gasteiger partial charge in [-0.05, 0) is 54.1 Å². The van der Waals surface area contributed by atoms with Crippen molar-refractivity contribution in [1.29, 1.82) is 0 Å². The average molecular weight is 411 g/mol. The molecule has 3 aromatic carbocycles. The summed E-state index contributed by atoms with van der Waals surface area (Å²) >= 11 is 6.02. The van der Waals surface area contributed by atoms with Crippen LogP contribution in [0.15, 0.2) is 72.8 Å². The second-order valence-electron chi connectivity index (χ2n) is 5.98. The summed E-state index contributed by atoms with van der Waals surface area (Å²) in [6, 6.07) is 16.7. The van der Waals surface area contributed by atoms with Gasteiger partial charge in [-0.1, -0.05) is 41.9 Å². The first kappa shape index (κ1) is 20.3. The van der Waals surface area contributed by atoms with E-state index in [2.05, 4.69) is 0 Å². The van der Waals surface area contributed by atoms with Crippen LogP contribution in [0.5, 0.6) is 11.5 Å². The maximum atomic E-state index is 13.0. The van der Waals surface area contributed by atoms with Crippen LogP contribution in [0.3, 0.4) is 0 Å². The lowest BCUT2D eigenvalue weighted by atomic mass is 10.1. The monoisotopic (exact) mass is 410 g/mol. The zero-order chi connectivity index (χ0) is 20.8. The molecule has 6 heteroatoms. The molecule has 0 fully saturated rings. The Bertz CT molecular complexity index is 1070. The van der Waals surface area contributed by atoms with Gasteiger partial charge in [-0.2, -0.15) is 0 Å². The van der Waals surface area contributed by atoms with Gasteiger partial charge in [-0.15, -0.1) is 0 Å². The molecule has 0 radical (unpaired) electrons. The molecule has 0 amide bonds. The Hall–Kier alpha value is -3.44. The number of carbonyl (C=O) groups excluding carboxylic acids is 2. The molecule has 0 unspecified atom stereocenters. The second-order valence-corrected chi connectivity index (χ2v) is 6.42. The minimum absolute atomic E-state index is 0.0686. The van der Waals surface area contributed by atoms with E-state index in [1.807, 2.05) is 0 Å². The molecule has 0 bridgehead atoms. The Morgan fingerprint density at radius 3 is 2.38 bits per heavy atom. The molecular weight excluding hydrogens is 395 g/mol. The highest BCUT2D eigenvalue weighted by Crippen LogP contribution is 2.26. The molecule has 0 aliphatic rings. The molecule has 146 valence electrons. The van der Waals surface area contributed by atoms with E-state index in [4.69, 9.17) is 21.1 Å². The third-order valence-corrected chi connectivity index (χ3v) is 4.27. The van der Waals surface area contributed by atoms with Gasteiger partial charge in [0.1, 0.15) is 22.9 Å². The maximum Gasteiger partial charge on any atom is 0.347 e. The number of ketones is 1. The van der Waals surface area contributed by atoms with Crippen LogP contribution in [-0.4, -0.2) is 18.9 Å². The van der Waals surface area contributed by atoms with Crippen LogP contribution in [0.2, 0.25) is 5.02 Å². The smallest absolute Gasteiger partial charge is 0.347 e. The third-order valence-electron chi connectivity index (χ3n) is 4.03. The number of hydrogen-bond acceptors (Lipinski definition) is 4. The first-order valence-electron chi connectivity index (χ1n) is 8.60. The average Bonchev–Trinajstić information content (AvgIpc) is 2.74. The number of benzene rings is 3. The van der Waals surface area contributed by atoms with Gasteiger partial charge in [-0.3, -0.25) is 4.79 Å². The summed E-state index contributed by atoms with van der Waals surface area (Å²) in [5.74, 6) is -1.02. The molecule has 0 N–H and O–H groups in total. The SMILES string of the molecule is COc1ccccc1C(=O)Oc1ccc(Cl)cc1C(=O)C=Cc1ccc(F)cc1. The Kier molecular flexibility index (Phi) is 6.42. The number of allylic oxidation sites excluding steroid dienone is 1. The lowest BCUT2D eigenvalue weighted by Crippen LogP contribution is -2.12. The van der Waals surface area contributed by atoms with Crippen molar-refractivity contribution in [3.63, 3.8) is 0 Å². The first-order valence-corrected chi connectivity index (χ1v) is 8.98. The minimum atomic E-state index is -0.665. The number of rotatable bonds is 6. The Balaban J connectivity index is 1.86.